The van der Waals surface area contributed by atoms with Gasteiger partial charge in [0, 0.05) is 16.8 Å². The molecule has 21 heavy (non-hydrogen) atoms. The van der Waals surface area contributed by atoms with E-state index in [2.05, 4.69) is 5.32 Å². The summed E-state index contributed by atoms with van der Waals surface area (Å²) in [6, 6.07) is 9.54. The molecule has 0 aliphatic heterocycles. The van der Waals surface area contributed by atoms with Crippen LogP contribution in [0.15, 0.2) is 42.5 Å². The van der Waals surface area contributed by atoms with Crippen LogP contribution in [0.25, 0.3) is 0 Å². The lowest BCUT2D eigenvalue weighted by Crippen LogP contribution is -2.09. The maximum atomic E-state index is 12.7. The van der Waals surface area contributed by atoms with E-state index in [9.17, 15) is 18.3 Å². The molecule has 2 rings (SSSR count). The van der Waals surface area contributed by atoms with Crippen LogP contribution < -0.4 is 5.32 Å². The van der Waals surface area contributed by atoms with E-state index in [1.165, 1.54) is 18.2 Å². The number of hydrogen-bond acceptors (Lipinski definition) is 2. The zero-order valence-corrected chi connectivity index (χ0v) is 11.8. The normalized spacial score (nSPS) is 13.0. The number of hydrogen-bond donors (Lipinski definition) is 2. The summed E-state index contributed by atoms with van der Waals surface area (Å²) >= 11 is 5.73. The third-order valence-electron chi connectivity index (χ3n) is 3.00. The number of nitrogens with one attached hydrogen (secondary N) is 1. The zero-order chi connectivity index (χ0) is 15.6. The number of anilines is 1. The van der Waals surface area contributed by atoms with Crippen LogP contribution in [0.5, 0.6) is 5.75 Å². The fraction of sp³-hybridized carbons (Fsp3) is 0.200. The molecule has 0 bridgehead atoms. The Kier molecular flexibility index (Phi) is 4.32. The van der Waals surface area contributed by atoms with Gasteiger partial charge in [-0.15, -0.1) is 0 Å². The molecule has 0 saturated heterocycles. The van der Waals surface area contributed by atoms with Crippen LogP contribution in [0.2, 0.25) is 5.02 Å². The summed E-state index contributed by atoms with van der Waals surface area (Å²) in [4.78, 5) is 0. The molecule has 0 amide bonds. The average molecular weight is 316 g/mol. The summed E-state index contributed by atoms with van der Waals surface area (Å²) in [6.07, 6.45) is -4.44. The molecule has 6 heteroatoms. The first-order chi connectivity index (χ1) is 9.75. The van der Waals surface area contributed by atoms with E-state index in [4.69, 9.17) is 11.6 Å². The van der Waals surface area contributed by atoms with E-state index in [0.717, 1.165) is 17.7 Å². The largest absolute Gasteiger partial charge is 0.508 e. The second-order valence-corrected chi connectivity index (χ2v) is 5.12. The topological polar surface area (TPSA) is 32.3 Å². The van der Waals surface area contributed by atoms with Gasteiger partial charge >= 0.3 is 6.18 Å². The minimum atomic E-state index is -4.44. The molecule has 0 saturated carbocycles. The van der Waals surface area contributed by atoms with E-state index < -0.39 is 11.7 Å². The molecule has 112 valence electrons. The highest BCUT2D eigenvalue weighted by Crippen LogP contribution is 2.34. The van der Waals surface area contributed by atoms with Gasteiger partial charge in [-0.3, -0.25) is 0 Å². The molecule has 0 spiro atoms. The van der Waals surface area contributed by atoms with Gasteiger partial charge in [0.25, 0.3) is 0 Å². The minimum Gasteiger partial charge on any atom is -0.508 e. The smallest absolute Gasteiger partial charge is 0.416 e. The number of halogens is 4. The van der Waals surface area contributed by atoms with Gasteiger partial charge in [-0.25, -0.2) is 0 Å². The van der Waals surface area contributed by atoms with E-state index in [1.807, 2.05) is 0 Å². The Morgan fingerprint density at radius 3 is 2.29 bits per heavy atom. The third-order valence-corrected chi connectivity index (χ3v) is 3.22. The molecule has 1 atom stereocenters. The van der Waals surface area contributed by atoms with Gasteiger partial charge in [0.2, 0.25) is 0 Å². The van der Waals surface area contributed by atoms with Crippen LogP contribution in [-0.2, 0) is 6.18 Å². The van der Waals surface area contributed by atoms with E-state index in [1.54, 1.807) is 19.1 Å². The minimum absolute atomic E-state index is 0.0187. The van der Waals surface area contributed by atoms with Crippen LogP contribution >= 0.6 is 11.6 Å². The van der Waals surface area contributed by atoms with Crippen LogP contribution in [-0.4, -0.2) is 5.11 Å². The van der Waals surface area contributed by atoms with Crippen molar-refractivity contribution in [1.29, 1.82) is 0 Å². The Morgan fingerprint density at radius 1 is 1.10 bits per heavy atom. The summed E-state index contributed by atoms with van der Waals surface area (Å²) in [7, 11) is 0. The van der Waals surface area contributed by atoms with Gasteiger partial charge in [-0.1, -0.05) is 23.7 Å². The summed E-state index contributed by atoms with van der Waals surface area (Å²) in [5.41, 5.74) is 0.326. The average Bonchev–Trinajstić information content (AvgIpc) is 2.37. The number of rotatable bonds is 3. The molecule has 0 radical (unpaired) electrons. The number of aromatic hydroxyl groups is 1. The number of phenolic OH excluding ortho intramolecular Hbond substituents is 1. The van der Waals surface area contributed by atoms with Gasteiger partial charge in [-0.2, -0.15) is 13.2 Å². The van der Waals surface area contributed by atoms with Crippen molar-refractivity contribution in [2.75, 3.05) is 5.32 Å². The van der Waals surface area contributed by atoms with Gasteiger partial charge in [0.1, 0.15) is 5.75 Å². The van der Waals surface area contributed by atoms with Crippen molar-refractivity contribution in [3.8, 4) is 5.75 Å². The van der Waals surface area contributed by atoms with Crippen molar-refractivity contribution in [3.05, 3.63) is 58.6 Å². The molecule has 2 aromatic carbocycles. The Bertz CT molecular complexity index is 626. The molecule has 0 aliphatic rings. The van der Waals surface area contributed by atoms with Crippen molar-refractivity contribution in [1.82, 2.24) is 0 Å². The van der Waals surface area contributed by atoms with Crippen molar-refractivity contribution in [3.63, 3.8) is 0 Å². The summed E-state index contributed by atoms with van der Waals surface area (Å²) in [5, 5.41) is 12.2. The van der Waals surface area contributed by atoms with Crippen molar-refractivity contribution >= 4 is 17.3 Å². The van der Waals surface area contributed by atoms with Crippen LogP contribution in [0.3, 0.4) is 0 Å². The van der Waals surface area contributed by atoms with E-state index in [-0.39, 0.29) is 22.5 Å². The molecule has 0 aromatic heterocycles. The maximum Gasteiger partial charge on any atom is 0.416 e. The van der Waals surface area contributed by atoms with E-state index in [0.29, 0.717) is 0 Å². The third kappa shape index (κ3) is 4.04. The molecule has 1 unspecified atom stereocenters. The first kappa shape index (κ1) is 15.5. The Hall–Kier alpha value is -1.88. The molecule has 0 heterocycles. The van der Waals surface area contributed by atoms with Crippen LogP contribution in [0.4, 0.5) is 18.9 Å². The zero-order valence-electron chi connectivity index (χ0n) is 11.1. The summed E-state index contributed by atoms with van der Waals surface area (Å²) in [6.45, 7) is 1.81. The SMILES string of the molecule is CC(Nc1cc(Cl)cc(C(F)(F)F)c1)c1ccc(O)cc1. The molecule has 0 aliphatic carbocycles. The van der Waals surface area contributed by atoms with Crippen molar-refractivity contribution in [2.24, 2.45) is 0 Å². The monoisotopic (exact) mass is 315 g/mol. The molecule has 0 fully saturated rings. The van der Waals surface area contributed by atoms with Crippen molar-refractivity contribution < 1.29 is 18.3 Å². The molecule has 2 N–H and O–H groups in total. The van der Waals surface area contributed by atoms with Gasteiger partial charge in [0.15, 0.2) is 0 Å². The second kappa shape index (κ2) is 5.85. The standard InChI is InChI=1S/C15H13ClF3NO/c1-9(10-2-4-14(21)5-3-10)20-13-7-11(15(17,18)19)6-12(16)8-13/h2-9,20-21H,1H3. The number of phenols is 1. The first-order valence-corrected chi connectivity index (χ1v) is 6.57. The molecular formula is C15H13ClF3NO. The Balaban J connectivity index is 2.23. The lowest BCUT2D eigenvalue weighted by Gasteiger charge is -2.17. The number of benzene rings is 2. The first-order valence-electron chi connectivity index (χ1n) is 6.19. The highest BCUT2D eigenvalue weighted by molar-refractivity contribution is 6.30. The van der Waals surface area contributed by atoms with Gasteiger partial charge < -0.3 is 10.4 Å². The number of alkyl halides is 3. The van der Waals surface area contributed by atoms with E-state index >= 15 is 0 Å². The molecular weight excluding hydrogens is 303 g/mol. The fourth-order valence-electron chi connectivity index (χ4n) is 1.93. The summed E-state index contributed by atoms with van der Waals surface area (Å²) < 4.78 is 38.2. The fourth-order valence-corrected chi connectivity index (χ4v) is 2.17. The second-order valence-electron chi connectivity index (χ2n) is 4.68. The lowest BCUT2D eigenvalue weighted by atomic mass is 10.1. The molecule has 2 nitrogen and oxygen atoms in total. The van der Waals surface area contributed by atoms with Gasteiger partial charge in [0.05, 0.1) is 5.56 Å². The summed E-state index contributed by atoms with van der Waals surface area (Å²) in [5.74, 6) is 0.132. The predicted molar refractivity (Wildman–Crippen MR) is 76.6 cm³/mol. The highest BCUT2D eigenvalue weighted by atomic mass is 35.5. The van der Waals surface area contributed by atoms with Gasteiger partial charge in [-0.05, 0) is 42.8 Å². The predicted octanol–water partition coefficient (Wildman–Crippen LogP) is 5.24. The maximum absolute atomic E-state index is 12.7. The quantitative estimate of drug-likeness (QED) is 0.812. The Morgan fingerprint density at radius 2 is 1.71 bits per heavy atom. The Labute approximate surface area is 125 Å². The highest BCUT2D eigenvalue weighted by Gasteiger charge is 2.31. The lowest BCUT2D eigenvalue weighted by molar-refractivity contribution is -0.137. The van der Waals surface area contributed by atoms with Crippen molar-refractivity contribution in [2.45, 2.75) is 19.1 Å². The van der Waals surface area contributed by atoms with Crippen LogP contribution in [0.1, 0.15) is 24.1 Å². The molecule has 2 aromatic rings. The van der Waals surface area contributed by atoms with Crippen LogP contribution in [0, 0.1) is 0 Å².